The molecule has 2 atom stereocenters. The summed E-state index contributed by atoms with van der Waals surface area (Å²) in [4.78, 5) is 2.35. The van der Waals surface area contributed by atoms with Gasteiger partial charge in [-0.3, -0.25) is 4.90 Å². The maximum Gasteiger partial charge on any atom is 0.0589 e. The Morgan fingerprint density at radius 3 is 2.35 bits per heavy atom. The van der Waals surface area contributed by atoms with Gasteiger partial charge in [-0.15, -0.1) is 0 Å². The Labute approximate surface area is 124 Å². The molecule has 0 spiro atoms. The van der Waals surface area contributed by atoms with Gasteiger partial charge in [-0.25, -0.2) is 0 Å². The van der Waals surface area contributed by atoms with Crippen molar-refractivity contribution in [3.8, 4) is 0 Å². The number of likely N-dealkylation sites (N-methyl/N-ethyl adjacent to an activating group) is 2. The van der Waals surface area contributed by atoms with Crippen LogP contribution in [0.25, 0.3) is 0 Å². The maximum absolute atomic E-state index is 5.18. The number of nitrogens with one attached hydrogen (secondary N) is 1. The van der Waals surface area contributed by atoms with Crippen LogP contribution in [-0.4, -0.2) is 44.8 Å². The zero-order valence-corrected chi connectivity index (χ0v) is 13.6. The van der Waals surface area contributed by atoms with Crippen molar-refractivity contribution in [1.29, 1.82) is 0 Å². The highest BCUT2D eigenvalue weighted by atomic mass is 16.5. The van der Waals surface area contributed by atoms with Crippen LogP contribution in [0.3, 0.4) is 0 Å². The van der Waals surface area contributed by atoms with Gasteiger partial charge in [0, 0.05) is 25.7 Å². The molecule has 0 heterocycles. The molecular formula is C17H30N2O. The predicted octanol–water partition coefficient (Wildman–Crippen LogP) is 2.87. The van der Waals surface area contributed by atoms with Gasteiger partial charge in [-0.05, 0) is 38.1 Å². The molecule has 3 nitrogen and oxygen atoms in total. The monoisotopic (exact) mass is 278 g/mol. The first kappa shape index (κ1) is 17.2. The van der Waals surface area contributed by atoms with Gasteiger partial charge in [0.15, 0.2) is 0 Å². The third-order valence-electron chi connectivity index (χ3n) is 4.00. The van der Waals surface area contributed by atoms with Crippen LogP contribution in [0.4, 0.5) is 0 Å². The highest BCUT2D eigenvalue weighted by molar-refractivity contribution is 5.26. The van der Waals surface area contributed by atoms with Crippen LogP contribution in [-0.2, 0) is 11.2 Å². The van der Waals surface area contributed by atoms with E-state index in [1.807, 2.05) is 0 Å². The van der Waals surface area contributed by atoms with E-state index >= 15 is 0 Å². The minimum absolute atomic E-state index is 0.354. The summed E-state index contributed by atoms with van der Waals surface area (Å²) in [5.41, 5.74) is 2.75. The van der Waals surface area contributed by atoms with Crippen molar-refractivity contribution in [2.45, 2.75) is 39.3 Å². The van der Waals surface area contributed by atoms with E-state index in [4.69, 9.17) is 4.74 Å². The van der Waals surface area contributed by atoms with Gasteiger partial charge in [0.2, 0.25) is 0 Å². The highest BCUT2D eigenvalue weighted by Gasteiger charge is 2.21. The van der Waals surface area contributed by atoms with Gasteiger partial charge in [-0.2, -0.15) is 0 Å². The summed E-state index contributed by atoms with van der Waals surface area (Å²) in [6.45, 7) is 9.33. The number of ether oxygens (including phenoxy) is 1. The zero-order chi connectivity index (χ0) is 15.0. The standard InChI is InChI=1S/C17H30N2O/c1-6-15-8-10-16(11-9-15)17(18-7-2)14(3)19(4)12-13-20-5/h8-11,14,17-18H,6-7,12-13H2,1-5H3. The lowest BCUT2D eigenvalue weighted by Gasteiger charge is -2.32. The van der Waals surface area contributed by atoms with Crippen LogP contribution >= 0.6 is 0 Å². The fourth-order valence-corrected chi connectivity index (χ4v) is 2.44. The van der Waals surface area contributed by atoms with E-state index in [9.17, 15) is 0 Å². The van der Waals surface area contributed by atoms with Crippen molar-refractivity contribution in [3.05, 3.63) is 35.4 Å². The molecule has 0 aliphatic carbocycles. The van der Waals surface area contributed by atoms with Crippen molar-refractivity contribution in [3.63, 3.8) is 0 Å². The van der Waals surface area contributed by atoms with E-state index < -0.39 is 0 Å². The summed E-state index contributed by atoms with van der Waals surface area (Å²) in [7, 11) is 3.91. The molecule has 114 valence electrons. The van der Waals surface area contributed by atoms with Gasteiger partial charge < -0.3 is 10.1 Å². The van der Waals surface area contributed by atoms with E-state index in [1.54, 1.807) is 7.11 Å². The average Bonchev–Trinajstić information content (AvgIpc) is 2.49. The third kappa shape index (κ3) is 4.89. The molecule has 3 heteroatoms. The lowest BCUT2D eigenvalue weighted by Crippen LogP contribution is -2.42. The summed E-state index contributed by atoms with van der Waals surface area (Å²) < 4.78 is 5.18. The number of benzene rings is 1. The largest absolute Gasteiger partial charge is 0.383 e. The third-order valence-corrected chi connectivity index (χ3v) is 4.00. The molecule has 0 bridgehead atoms. The second-order valence-corrected chi connectivity index (χ2v) is 5.34. The number of aryl methyl sites for hydroxylation is 1. The van der Waals surface area contributed by atoms with E-state index in [-0.39, 0.29) is 0 Å². The lowest BCUT2D eigenvalue weighted by molar-refractivity contribution is 0.129. The second kappa shape index (κ2) is 9.11. The zero-order valence-electron chi connectivity index (χ0n) is 13.6. The number of hydrogen-bond acceptors (Lipinski definition) is 3. The number of hydrogen-bond donors (Lipinski definition) is 1. The fourth-order valence-electron chi connectivity index (χ4n) is 2.44. The first-order valence-corrected chi connectivity index (χ1v) is 7.65. The Balaban J connectivity index is 2.80. The maximum atomic E-state index is 5.18. The molecule has 0 aromatic heterocycles. The first-order chi connectivity index (χ1) is 9.63. The van der Waals surface area contributed by atoms with Gasteiger partial charge in [0.05, 0.1) is 6.61 Å². The SMILES string of the molecule is CCNC(c1ccc(CC)cc1)C(C)N(C)CCOC. The van der Waals surface area contributed by atoms with Crippen molar-refractivity contribution < 1.29 is 4.74 Å². The predicted molar refractivity (Wildman–Crippen MR) is 86.2 cm³/mol. The number of nitrogens with zero attached hydrogens (tertiary/aromatic N) is 1. The topological polar surface area (TPSA) is 24.5 Å². The van der Waals surface area contributed by atoms with E-state index in [1.165, 1.54) is 11.1 Å². The van der Waals surface area contributed by atoms with Crippen LogP contribution in [0.5, 0.6) is 0 Å². The van der Waals surface area contributed by atoms with Gasteiger partial charge in [0.1, 0.15) is 0 Å². The molecule has 20 heavy (non-hydrogen) atoms. The first-order valence-electron chi connectivity index (χ1n) is 7.65. The Bertz CT molecular complexity index is 364. The van der Waals surface area contributed by atoms with Crippen molar-refractivity contribution in [2.75, 3.05) is 33.9 Å². The summed E-state index contributed by atoms with van der Waals surface area (Å²) in [5, 5.41) is 3.61. The minimum atomic E-state index is 0.354. The van der Waals surface area contributed by atoms with E-state index in [0.717, 1.165) is 26.1 Å². The van der Waals surface area contributed by atoms with Crippen LogP contribution in [0.2, 0.25) is 0 Å². The molecule has 0 amide bonds. The second-order valence-electron chi connectivity index (χ2n) is 5.34. The molecule has 0 aliphatic rings. The minimum Gasteiger partial charge on any atom is -0.383 e. The summed E-state index contributed by atoms with van der Waals surface area (Å²) in [6.07, 6.45) is 1.09. The van der Waals surface area contributed by atoms with Crippen molar-refractivity contribution in [1.82, 2.24) is 10.2 Å². The van der Waals surface area contributed by atoms with Crippen LogP contribution in [0.1, 0.15) is 37.9 Å². The molecule has 1 aromatic carbocycles. The van der Waals surface area contributed by atoms with Crippen LogP contribution < -0.4 is 5.32 Å². The molecular weight excluding hydrogens is 248 g/mol. The molecule has 0 fully saturated rings. The summed E-state index contributed by atoms with van der Waals surface area (Å²) >= 11 is 0. The summed E-state index contributed by atoms with van der Waals surface area (Å²) in [6, 6.07) is 9.77. The van der Waals surface area contributed by atoms with Crippen LogP contribution in [0, 0.1) is 0 Å². The number of methoxy groups -OCH3 is 1. The van der Waals surface area contributed by atoms with E-state index in [2.05, 4.69) is 62.3 Å². The molecule has 0 radical (unpaired) electrons. The van der Waals surface area contributed by atoms with E-state index in [0.29, 0.717) is 12.1 Å². The van der Waals surface area contributed by atoms with Crippen molar-refractivity contribution in [2.24, 2.45) is 0 Å². The number of rotatable bonds is 9. The highest BCUT2D eigenvalue weighted by Crippen LogP contribution is 2.21. The molecule has 0 saturated heterocycles. The lowest BCUT2D eigenvalue weighted by atomic mass is 9.97. The van der Waals surface area contributed by atoms with Crippen molar-refractivity contribution >= 4 is 0 Å². The molecule has 2 unspecified atom stereocenters. The Morgan fingerprint density at radius 1 is 1.20 bits per heavy atom. The fraction of sp³-hybridized carbons (Fsp3) is 0.647. The molecule has 1 N–H and O–H groups in total. The Kier molecular flexibility index (Phi) is 7.82. The molecule has 1 rings (SSSR count). The van der Waals surface area contributed by atoms with Gasteiger partial charge in [0.25, 0.3) is 0 Å². The Morgan fingerprint density at radius 2 is 1.85 bits per heavy atom. The molecule has 1 aromatic rings. The quantitative estimate of drug-likeness (QED) is 0.752. The molecule has 0 aliphatic heterocycles. The van der Waals surface area contributed by atoms with Crippen LogP contribution in [0.15, 0.2) is 24.3 Å². The molecule has 0 saturated carbocycles. The Hall–Kier alpha value is -0.900. The van der Waals surface area contributed by atoms with Gasteiger partial charge in [-0.1, -0.05) is 38.1 Å². The smallest absolute Gasteiger partial charge is 0.0589 e. The average molecular weight is 278 g/mol. The summed E-state index contributed by atoms with van der Waals surface area (Å²) in [5.74, 6) is 0. The van der Waals surface area contributed by atoms with Gasteiger partial charge >= 0.3 is 0 Å². The normalized spacial score (nSPS) is 14.5.